The predicted molar refractivity (Wildman–Crippen MR) is 89.0 cm³/mol. The Hall–Kier alpha value is -0.140. The summed E-state index contributed by atoms with van der Waals surface area (Å²) in [5.74, 6) is 0.914. The van der Waals surface area contributed by atoms with Gasteiger partial charge in [0.25, 0.3) is 0 Å². The molecule has 3 heterocycles. The van der Waals surface area contributed by atoms with E-state index < -0.39 is 0 Å². The monoisotopic (exact) mass is 418 g/mol. The summed E-state index contributed by atoms with van der Waals surface area (Å²) in [5, 5.41) is 2.18. The lowest BCUT2D eigenvalue weighted by atomic mass is 9.98. The second-order valence-corrected chi connectivity index (χ2v) is 7.56. The number of hydrogen-bond acceptors (Lipinski definition) is 4. The number of nitrogens with two attached hydrogens (primary N) is 1. The van der Waals surface area contributed by atoms with Crippen LogP contribution in [0, 0.1) is 0 Å². The molecule has 0 aliphatic carbocycles. The third-order valence-electron chi connectivity index (χ3n) is 3.94. The van der Waals surface area contributed by atoms with Gasteiger partial charge >= 0.3 is 0 Å². The van der Waals surface area contributed by atoms with Crippen molar-refractivity contribution in [3.8, 4) is 0 Å². The quantitative estimate of drug-likeness (QED) is 0.796. The molecule has 0 spiro atoms. The van der Waals surface area contributed by atoms with E-state index in [0.29, 0.717) is 12.6 Å². The van der Waals surface area contributed by atoms with Crippen LogP contribution in [0.5, 0.6) is 0 Å². The molecule has 1 aliphatic rings. The van der Waals surface area contributed by atoms with E-state index in [-0.39, 0.29) is 6.04 Å². The Balaban J connectivity index is 1.91. The van der Waals surface area contributed by atoms with Gasteiger partial charge in [-0.25, -0.2) is 0 Å². The number of fused-ring (bicyclic) bond motifs is 1. The lowest BCUT2D eigenvalue weighted by Crippen LogP contribution is -2.39. The second kappa shape index (κ2) is 5.93. The van der Waals surface area contributed by atoms with Gasteiger partial charge in [0.2, 0.25) is 0 Å². The van der Waals surface area contributed by atoms with Crippen molar-refractivity contribution in [2.45, 2.75) is 25.4 Å². The summed E-state index contributed by atoms with van der Waals surface area (Å²) in [6, 6.07) is 4.73. The normalized spacial score (nSPS) is 20.9. The van der Waals surface area contributed by atoms with E-state index >= 15 is 0 Å². The Bertz CT molecular complexity index is 591. The summed E-state index contributed by atoms with van der Waals surface area (Å²) in [6.45, 7) is 3.82. The van der Waals surface area contributed by atoms with Crippen LogP contribution >= 0.6 is 43.2 Å². The first-order valence-electron chi connectivity index (χ1n) is 6.58. The molecule has 0 bridgehead atoms. The maximum absolute atomic E-state index is 6.02. The smallest absolute Gasteiger partial charge is 0.183 e. The van der Waals surface area contributed by atoms with Gasteiger partial charge in [0.15, 0.2) is 4.67 Å². The molecule has 0 aromatic carbocycles. The van der Waals surface area contributed by atoms with Gasteiger partial charge in [-0.05, 0) is 68.3 Å². The predicted octanol–water partition coefficient (Wildman–Crippen LogP) is 4.49. The lowest BCUT2D eigenvalue weighted by Gasteiger charge is -2.38. The molecule has 0 fully saturated rings. The highest BCUT2D eigenvalue weighted by Gasteiger charge is 2.32. The average molecular weight is 420 g/mol. The maximum Gasteiger partial charge on any atom is 0.183 e. The molecule has 2 aromatic rings. The van der Waals surface area contributed by atoms with Crippen LogP contribution in [0.15, 0.2) is 31.1 Å². The minimum Gasteiger partial charge on any atom is -0.451 e. The summed E-state index contributed by atoms with van der Waals surface area (Å²) in [4.78, 5) is 3.94. The molecule has 0 amide bonds. The van der Waals surface area contributed by atoms with Crippen molar-refractivity contribution >= 4 is 43.2 Å². The van der Waals surface area contributed by atoms with E-state index in [0.717, 1.165) is 27.9 Å². The number of hydrogen-bond donors (Lipinski definition) is 1. The fraction of sp³-hybridized carbons (Fsp3) is 0.429. The molecule has 2 atom stereocenters. The van der Waals surface area contributed by atoms with Crippen LogP contribution in [0.4, 0.5) is 0 Å². The summed E-state index contributed by atoms with van der Waals surface area (Å²) < 4.78 is 7.45. The summed E-state index contributed by atoms with van der Waals surface area (Å²) in [7, 11) is 0. The highest BCUT2D eigenvalue weighted by atomic mass is 79.9. The van der Waals surface area contributed by atoms with Crippen LogP contribution < -0.4 is 5.73 Å². The van der Waals surface area contributed by atoms with Crippen molar-refractivity contribution in [3.63, 3.8) is 0 Å². The van der Waals surface area contributed by atoms with Crippen molar-refractivity contribution < 1.29 is 4.42 Å². The van der Waals surface area contributed by atoms with Gasteiger partial charge in [-0.15, -0.1) is 11.3 Å². The average Bonchev–Trinajstić information content (AvgIpc) is 3.02. The van der Waals surface area contributed by atoms with Crippen molar-refractivity contribution in [1.29, 1.82) is 0 Å². The topological polar surface area (TPSA) is 42.4 Å². The zero-order chi connectivity index (χ0) is 14.3. The summed E-state index contributed by atoms with van der Waals surface area (Å²) in [5.41, 5.74) is 7.46. The van der Waals surface area contributed by atoms with Crippen LogP contribution in [-0.4, -0.2) is 18.0 Å². The van der Waals surface area contributed by atoms with Gasteiger partial charge in [0.1, 0.15) is 5.76 Å². The molecule has 2 N–H and O–H groups in total. The lowest BCUT2D eigenvalue weighted by molar-refractivity contribution is 0.122. The fourth-order valence-corrected chi connectivity index (χ4v) is 4.47. The Kier molecular flexibility index (Phi) is 4.38. The number of halogens is 2. The molecule has 0 radical (unpaired) electrons. The molecule has 0 saturated heterocycles. The molecule has 108 valence electrons. The van der Waals surface area contributed by atoms with Crippen LogP contribution in [0.1, 0.15) is 35.2 Å². The van der Waals surface area contributed by atoms with E-state index in [2.05, 4.69) is 55.1 Å². The second-order valence-electron chi connectivity index (χ2n) is 4.98. The SMILES string of the molecule is CC1c2ccsc2CCN1C(CN)c1cc(Br)c(Br)o1. The van der Waals surface area contributed by atoms with Gasteiger partial charge in [0, 0.05) is 24.0 Å². The maximum atomic E-state index is 6.02. The standard InChI is InChI=1S/C14H16Br2N2OS/c1-8-9-3-5-20-13(9)2-4-18(8)11(7-17)12-6-10(15)14(16)19-12/h3,5-6,8,11H,2,4,7,17H2,1H3. The molecule has 3 nitrogen and oxygen atoms in total. The largest absolute Gasteiger partial charge is 0.451 e. The Morgan fingerprint density at radius 2 is 2.35 bits per heavy atom. The van der Waals surface area contributed by atoms with Crippen molar-refractivity contribution in [2.24, 2.45) is 5.73 Å². The van der Waals surface area contributed by atoms with E-state index in [1.54, 1.807) is 0 Å². The third kappa shape index (κ3) is 2.52. The van der Waals surface area contributed by atoms with Gasteiger partial charge < -0.3 is 10.2 Å². The van der Waals surface area contributed by atoms with Gasteiger partial charge in [-0.2, -0.15) is 0 Å². The number of thiophene rings is 1. The first-order chi connectivity index (χ1) is 9.61. The fourth-order valence-electron chi connectivity index (χ4n) is 2.90. The highest BCUT2D eigenvalue weighted by Crippen LogP contribution is 2.39. The van der Waals surface area contributed by atoms with Crippen molar-refractivity contribution in [2.75, 3.05) is 13.1 Å². The van der Waals surface area contributed by atoms with E-state index in [1.165, 1.54) is 10.4 Å². The zero-order valence-corrected chi connectivity index (χ0v) is 15.1. The molecular formula is C14H16Br2N2OS. The Labute approximate surface area is 139 Å². The molecule has 6 heteroatoms. The minimum atomic E-state index is 0.112. The van der Waals surface area contributed by atoms with E-state index in [1.807, 2.05) is 17.4 Å². The van der Waals surface area contributed by atoms with Gasteiger partial charge in [-0.3, -0.25) is 4.90 Å². The van der Waals surface area contributed by atoms with Crippen LogP contribution in [0.3, 0.4) is 0 Å². The molecule has 2 unspecified atom stereocenters. The zero-order valence-electron chi connectivity index (χ0n) is 11.1. The third-order valence-corrected chi connectivity index (χ3v) is 6.65. The first-order valence-corrected chi connectivity index (χ1v) is 9.05. The number of nitrogens with zero attached hydrogens (tertiary/aromatic N) is 1. The number of furan rings is 1. The Morgan fingerprint density at radius 3 is 3.00 bits per heavy atom. The highest BCUT2D eigenvalue weighted by molar-refractivity contribution is 9.13. The van der Waals surface area contributed by atoms with Crippen LogP contribution in [0.2, 0.25) is 0 Å². The van der Waals surface area contributed by atoms with Gasteiger partial charge in [-0.1, -0.05) is 0 Å². The molecule has 0 saturated carbocycles. The first kappa shape index (κ1) is 14.8. The molecule has 2 aromatic heterocycles. The number of rotatable bonds is 3. The Morgan fingerprint density at radius 1 is 1.55 bits per heavy atom. The molecule has 20 heavy (non-hydrogen) atoms. The van der Waals surface area contributed by atoms with Crippen LogP contribution in [0.25, 0.3) is 0 Å². The summed E-state index contributed by atoms with van der Waals surface area (Å²) in [6.07, 6.45) is 1.09. The van der Waals surface area contributed by atoms with Crippen LogP contribution in [-0.2, 0) is 6.42 Å². The van der Waals surface area contributed by atoms with Crippen molar-refractivity contribution in [1.82, 2.24) is 4.90 Å². The minimum absolute atomic E-state index is 0.112. The van der Waals surface area contributed by atoms with Crippen molar-refractivity contribution in [3.05, 3.63) is 42.9 Å². The molecular weight excluding hydrogens is 404 g/mol. The summed E-state index contributed by atoms with van der Waals surface area (Å²) >= 11 is 8.73. The molecule has 3 rings (SSSR count). The van der Waals surface area contributed by atoms with E-state index in [4.69, 9.17) is 10.2 Å². The molecule has 1 aliphatic heterocycles. The van der Waals surface area contributed by atoms with E-state index in [9.17, 15) is 0 Å². The van der Waals surface area contributed by atoms with Gasteiger partial charge in [0.05, 0.1) is 10.5 Å².